The molecule has 0 saturated carbocycles. The van der Waals surface area contributed by atoms with E-state index in [9.17, 15) is 18.0 Å². The van der Waals surface area contributed by atoms with Gasteiger partial charge >= 0.3 is 12.1 Å². The monoisotopic (exact) mass is 437 g/mol. The Morgan fingerprint density at radius 2 is 1.81 bits per heavy atom. The van der Waals surface area contributed by atoms with E-state index in [0.29, 0.717) is 27.7 Å². The first-order valence-corrected chi connectivity index (χ1v) is 8.79. The molecule has 0 unspecified atom stereocenters. The lowest BCUT2D eigenvalue weighted by atomic mass is 9.95. The molecule has 0 aliphatic heterocycles. The van der Waals surface area contributed by atoms with Gasteiger partial charge in [-0.15, -0.1) is 0 Å². The second kappa shape index (κ2) is 6.96. The predicted octanol–water partition coefficient (Wildman–Crippen LogP) is 6.09. The Labute approximate surface area is 162 Å². The van der Waals surface area contributed by atoms with Crippen LogP contribution in [0.15, 0.2) is 40.9 Å². The number of alkyl halides is 3. The van der Waals surface area contributed by atoms with E-state index in [1.807, 2.05) is 6.92 Å². The minimum atomic E-state index is -4.46. The summed E-state index contributed by atoms with van der Waals surface area (Å²) >= 11 is 3.44. The van der Waals surface area contributed by atoms with Gasteiger partial charge in [-0.25, -0.2) is 9.78 Å². The average molecular weight is 438 g/mol. The number of fused-ring (bicyclic) bond motifs is 1. The third-order valence-electron chi connectivity index (χ3n) is 4.44. The molecule has 3 nitrogen and oxygen atoms in total. The van der Waals surface area contributed by atoms with Crippen molar-refractivity contribution in [3.63, 3.8) is 0 Å². The van der Waals surface area contributed by atoms with Gasteiger partial charge in [0.05, 0.1) is 29.4 Å². The Balaban J connectivity index is 2.38. The summed E-state index contributed by atoms with van der Waals surface area (Å²) in [4.78, 5) is 17.0. The quantitative estimate of drug-likeness (QED) is 0.455. The lowest BCUT2D eigenvalue weighted by molar-refractivity contribution is -0.137. The summed E-state index contributed by atoms with van der Waals surface area (Å²) in [5.74, 6) is -0.561. The summed E-state index contributed by atoms with van der Waals surface area (Å²) in [5.41, 5.74) is 1.91. The number of hydrogen-bond acceptors (Lipinski definition) is 3. The van der Waals surface area contributed by atoms with Crippen LogP contribution >= 0.6 is 15.9 Å². The molecular formula is C20H15BrF3NO2. The van der Waals surface area contributed by atoms with Gasteiger partial charge in [-0.3, -0.25) is 0 Å². The SMILES string of the molecule is COC(=O)c1c(C)c(-c2cccc(C(F)(F)F)c2)nc2ccc(Br)c(C)c12. The smallest absolute Gasteiger partial charge is 0.416 e. The number of aromatic nitrogens is 1. The van der Waals surface area contributed by atoms with Crippen LogP contribution in [0.5, 0.6) is 0 Å². The molecule has 140 valence electrons. The molecule has 0 fully saturated rings. The van der Waals surface area contributed by atoms with Crippen LogP contribution in [0.2, 0.25) is 0 Å². The Hall–Kier alpha value is -2.41. The molecule has 0 aliphatic rings. The van der Waals surface area contributed by atoms with Gasteiger partial charge in [0.2, 0.25) is 0 Å². The van der Waals surface area contributed by atoms with E-state index >= 15 is 0 Å². The fraction of sp³-hybridized carbons (Fsp3) is 0.200. The Bertz CT molecular complexity index is 1060. The van der Waals surface area contributed by atoms with E-state index in [0.717, 1.165) is 22.2 Å². The molecule has 2 aromatic carbocycles. The number of ether oxygens (including phenoxy) is 1. The second-order valence-corrected chi connectivity index (χ2v) is 6.95. The zero-order valence-corrected chi connectivity index (χ0v) is 16.3. The predicted molar refractivity (Wildman–Crippen MR) is 101 cm³/mol. The van der Waals surface area contributed by atoms with Crippen LogP contribution in [0, 0.1) is 13.8 Å². The van der Waals surface area contributed by atoms with Gasteiger partial charge in [0, 0.05) is 15.4 Å². The van der Waals surface area contributed by atoms with E-state index in [1.165, 1.54) is 13.2 Å². The van der Waals surface area contributed by atoms with Crippen molar-refractivity contribution in [3.05, 3.63) is 63.1 Å². The van der Waals surface area contributed by atoms with Crippen molar-refractivity contribution in [3.8, 4) is 11.3 Å². The molecule has 1 heterocycles. The number of aryl methyl sites for hydroxylation is 1. The highest BCUT2D eigenvalue weighted by Crippen LogP contribution is 2.36. The molecule has 0 amide bonds. The van der Waals surface area contributed by atoms with Gasteiger partial charge in [-0.2, -0.15) is 13.2 Å². The van der Waals surface area contributed by atoms with E-state index in [-0.39, 0.29) is 5.56 Å². The van der Waals surface area contributed by atoms with Crippen LogP contribution in [0.3, 0.4) is 0 Å². The van der Waals surface area contributed by atoms with Crippen LogP contribution < -0.4 is 0 Å². The van der Waals surface area contributed by atoms with Crippen LogP contribution in [-0.2, 0) is 10.9 Å². The van der Waals surface area contributed by atoms with Gasteiger partial charge in [0.15, 0.2) is 0 Å². The third kappa shape index (κ3) is 3.43. The third-order valence-corrected chi connectivity index (χ3v) is 5.30. The van der Waals surface area contributed by atoms with Crippen LogP contribution in [0.25, 0.3) is 22.2 Å². The van der Waals surface area contributed by atoms with E-state index < -0.39 is 17.7 Å². The molecule has 3 aromatic rings. The number of benzene rings is 2. The van der Waals surface area contributed by atoms with Gasteiger partial charge < -0.3 is 4.74 Å². The highest BCUT2D eigenvalue weighted by atomic mass is 79.9. The normalized spacial score (nSPS) is 11.7. The summed E-state index contributed by atoms with van der Waals surface area (Å²) in [6, 6.07) is 8.42. The number of carbonyl (C=O) groups excluding carboxylic acids is 1. The maximum atomic E-state index is 13.1. The molecule has 0 saturated heterocycles. The lowest BCUT2D eigenvalue weighted by Gasteiger charge is -2.16. The zero-order valence-electron chi connectivity index (χ0n) is 14.7. The number of hydrogen-bond donors (Lipinski definition) is 0. The highest BCUT2D eigenvalue weighted by molar-refractivity contribution is 9.10. The molecule has 0 N–H and O–H groups in total. The van der Waals surface area contributed by atoms with Crippen molar-refractivity contribution in [1.29, 1.82) is 0 Å². The number of carbonyl (C=O) groups is 1. The fourth-order valence-electron chi connectivity index (χ4n) is 3.07. The maximum Gasteiger partial charge on any atom is 0.416 e. The van der Waals surface area contributed by atoms with Crippen LogP contribution in [-0.4, -0.2) is 18.1 Å². The Morgan fingerprint density at radius 3 is 2.44 bits per heavy atom. The maximum absolute atomic E-state index is 13.1. The van der Waals surface area contributed by atoms with Gasteiger partial charge in [-0.1, -0.05) is 28.1 Å². The van der Waals surface area contributed by atoms with Crippen molar-refractivity contribution < 1.29 is 22.7 Å². The van der Waals surface area contributed by atoms with Crippen LogP contribution in [0.4, 0.5) is 13.2 Å². The molecule has 0 atom stereocenters. The average Bonchev–Trinajstić information content (AvgIpc) is 2.63. The molecule has 27 heavy (non-hydrogen) atoms. The van der Waals surface area contributed by atoms with Crippen molar-refractivity contribution in [1.82, 2.24) is 4.98 Å². The zero-order chi connectivity index (χ0) is 19.9. The molecule has 0 aliphatic carbocycles. The first-order chi connectivity index (χ1) is 12.6. The number of pyridine rings is 1. The number of nitrogens with zero attached hydrogens (tertiary/aromatic N) is 1. The Kier molecular flexibility index (Phi) is 4.99. The summed E-state index contributed by atoms with van der Waals surface area (Å²) in [6.07, 6.45) is -4.46. The number of halogens is 4. The number of methoxy groups -OCH3 is 1. The number of rotatable bonds is 2. The molecule has 7 heteroatoms. The van der Waals surface area contributed by atoms with E-state index in [2.05, 4.69) is 20.9 Å². The second-order valence-electron chi connectivity index (χ2n) is 6.10. The standard InChI is InChI=1S/C20H15BrF3NO2/c1-10-14(21)7-8-15-16(10)17(19(26)27-3)11(2)18(25-15)12-5-4-6-13(9-12)20(22,23)24/h4-9H,1-3H3. The first kappa shape index (κ1) is 19.4. The molecule has 0 spiro atoms. The highest BCUT2D eigenvalue weighted by Gasteiger charge is 2.31. The molecule has 3 rings (SSSR count). The number of esters is 1. The summed E-state index contributed by atoms with van der Waals surface area (Å²) in [6.45, 7) is 3.50. The lowest BCUT2D eigenvalue weighted by Crippen LogP contribution is -2.09. The summed E-state index contributed by atoms with van der Waals surface area (Å²) in [7, 11) is 1.27. The molecule has 0 radical (unpaired) electrons. The van der Waals surface area contributed by atoms with E-state index in [4.69, 9.17) is 4.74 Å². The van der Waals surface area contributed by atoms with Gasteiger partial charge in [-0.05, 0) is 49.2 Å². The summed E-state index contributed by atoms with van der Waals surface area (Å²) in [5, 5.41) is 0.615. The minimum Gasteiger partial charge on any atom is -0.465 e. The fourth-order valence-corrected chi connectivity index (χ4v) is 3.40. The van der Waals surface area contributed by atoms with Crippen molar-refractivity contribution in [2.45, 2.75) is 20.0 Å². The molecular weight excluding hydrogens is 423 g/mol. The molecule has 0 bridgehead atoms. The van der Waals surface area contributed by atoms with Gasteiger partial charge in [0.1, 0.15) is 0 Å². The van der Waals surface area contributed by atoms with Gasteiger partial charge in [0.25, 0.3) is 0 Å². The van der Waals surface area contributed by atoms with E-state index in [1.54, 1.807) is 25.1 Å². The van der Waals surface area contributed by atoms with Crippen molar-refractivity contribution >= 4 is 32.8 Å². The topological polar surface area (TPSA) is 39.2 Å². The summed E-state index contributed by atoms with van der Waals surface area (Å²) < 4.78 is 45.0. The first-order valence-electron chi connectivity index (χ1n) is 8.00. The van der Waals surface area contributed by atoms with Crippen LogP contribution in [0.1, 0.15) is 27.0 Å². The minimum absolute atomic E-state index is 0.287. The largest absolute Gasteiger partial charge is 0.465 e. The van der Waals surface area contributed by atoms with Crippen molar-refractivity contribution in [2.75, 3.05) is 7.11 Å². The van der Waals surface area contributed by atoms with Crippen molar-refractivity contribution in [2.24, 2.45) is 0 Å². The molecule has 1 aromatic heterocycles. The Morgan fingerprint density at radius 1 is 1.11 bits per heavy atom.